The summed E-state index contributed by atoms with van der Waals surface area (Å²) in [5.41, 5.74) is 6.58. The molecule has 94 valence electrons. The first-order valence-corrected chi connectivity index (χ1v) is 6.25. The van der Waals surface area contributed by atoms with E-state index in [0.29, 0.717) is 19.0 Å². The SMILES string of the molecule is Cl.NCCNC(=O)C1CC1c1cccc(Br)c1. The van der Waals surface area contributed by atoms with Gasteiger partial charge in [0.25, 0.3) is 0 Å². The Morgan fingerprint density at radius 3 is 2.94 bits per heavy atom. The molecule has 1 fully saturated rings. The Hall–Kier alpha value is -0.580. The number of carbonyl (C=O) groups is 1. The van der Waals surface area contributed by atoms with Crippen LogP contribution >= 0.6 is 28.3 Å². The summed E-state index contributed by atoms with van der Waals surface area (Å²) in [7, 11) is 0. The fourth-order valence-corrected chi connectivity index (χ4v) is 2.33. The smallest absolute Gasteiger partial charge is 0.223 e. The summed E-state index contributed by atoms with van der Waals surface area (Å²) in [4.78, 5) is 11.7. The van der Waals surface area contributed by atoms with Crippen molar-refractivity contribution in [3.63, 3.8) is 0 Å². The van der Waals surface area contributed by atoms with Gasteiger partial charge in [-0.2, -0.15) is 0 Å². The van der Waals surface area contributed by atoms with Crippen LogP contribution in [0.25, 0.3) is 0 Å². The minimum Gasteiger partial charge on any atom is -0.355 e. The number of benzene rings is 1. The molecule has 3 N–H and O–H groups in total. The number of amides is 1. The number of hydrogen-bond donors (Lipinski definition) is 2. The van der Waals surface area contributed by atoms with Crippen molar-refractivity contribution in [2.45, 2.75) is 12.3 Å². The van der Waals surface area contributed by atoms with E-state index in [2.05, 4.69) is 33.4 Å². The second-order valence-electron chi connectivity index (χ2n) is 4.08. The maximum Gasteiger partial charge on any atom is 0.223 e. The fraction of sp³-hybridized carbons (Fsp3) is 0.417. The fourth-order valence-electron chi connectivity index (χ4n) is 1.92. The van der Waals surface area contributed by atoms with Gasteiger partial charge in [-0.3, -0.25) is 4.79 Å². The average Bonchev–Trinajstić information content (AvgIpc) is 3.06. The molecule has 1 aliphatic carbocycles. The van der Waals surface area contributed by atoms with Crippen LogP contribution in [-0.2, 0) is 4.79 Å². The van der Waals surface area contributed by atoms with Gasteiger partial charge in [-0.25, -0.2) is 0 Å². The minimum atomic E-state index is 0. The second kappa shape index (κ2) is 6.38. The molecule has 0 aliphatic heterocycles. The maximum absolute atomic E-state index is 11.7. The highest BCUT2D eigenvalue weighted by Gasteiger charge is 2.43. The van der Waals surface area contributed by atoms with E-state index in [0.717, 1.165) is 10.9 Å². The van der Waals surface area contributed by atoms with Crippen LogP contribution in [0.4, 0.5) is 0 Å². The molecular weight excluding hydrogens is 304 g/mol. The summed E-state index contributed by atoms with van der Waals surface area (Å²) < 4.78 is 1.07. The molecule has 17 heavy (non-hydrogen) atoms. The normalized spacial score (nSPS) is 21.5. The first-order chi connectivity index (χ1) is 7.72. The monoisotopic (exact) mass is 318 g/mol. The van der Waals surface area contributed by atoms with E-state index < -0.39 is 0 Å². The van der Waals surface area contributed by atoms with Crippen molar-refractivity contribution >= 4 is 34.2 Å². The molecule has 1 amide bonds. The van der Waals surface area contributed by atoms with Crippen molar-refractivity contribution in [2.24, 2.45) is 11.7 Å². The summed E-state index contributed by atoms with van der Waals surface area (Å²) in [6, 6.07) is 8.16. The molecule has 1 aromatic rings. The highest BCUT2D eigenvalue weighted by molar-refractivity contribution is 9.10. The standard InChI is InChI=1S/C12H15BrN2O.ClH/c13-9-3-1-2-8(6-9)10-7-11(10)12(16)15-5-4-14;/h1-3,6,10-11H,4-5,7,14H2,(H,15,16);1H. The summed E-state index contributed by atoms with van der Waals surface area (Å²) in [5, 5.41) is 2.83. The average molecular weight is 320 g/mol. The van der Waals surface area contributed by atoms with E-state index >= 15 is 0 Å². The lowest BCUT2D eigenvalue weighted by Gasteiger charge is -2.03. The molecule has 1 saturated carbocycles. The molecule has 3 nitrogen and oxygen atoms in total. The van der Waals surface area contributed by atoms with Crippen molar-refractivity contribution in [2.75, 3.05) is 13.1 Å². The molecule has 0 bridgehead atoms. The van der Waals surface area contributed by atoms with Gasteiger partial charge in [0.05, 0.1) is 0 Å². The summed E-state index contributed by atoms with van der Waals surface area (Å²) >= 11 is 3.44. The van der Waals surface area contributed by atoms with Gasteiger partial charge in [0.15, 0.2) is 0 Å². The number of hydrogen-bond acceptors (Lipinski definition) is 2. The number of halogens is 2. The number of rotatable bonds is 4. The van der Waals surface area contributed by atoms with E-state index in [-0.39, 0.29) is 24.2 Å². The van der Waals surface area contributed by atoms with Crippen LogP contribution in [0.15, 0.2) is 28.7 Å². The summed E-state index contributed by atoms with van der Waals surface area (Å²) in [5.74, 6) is 0.659. The van der Waals surface area contributed by atoms with Crippen LogP contribution in [0.5, 0.6) is 0 Å². The zero-order chi connectivity index (χ0) is 11.5. The van der Waals surface area contributed by atoms with Crippen LogP contribution in [0.2, 0.25) is 0 Å². The minimum absolute atomic E-state index is 0. The molecule has 1 aliphatic rings. The summed E-state index contributed by atoms with van der Waals surface area (Å²) in [6.07, 6.45) is 0.951. The predicted octanol–water partition coefficient (Wildman–Crippen LogP) is 2.05. The Morgan fingerprint density at radius 1 is 1.53 bits per heavy atom. The molecule has 0 heterocycles. The van der Waals surface area contributed by atoms with Crippen LogP contribution in [0.1, 0.15) is 17.9 Å². The van der Waals surface area contributed by atoms with E-state index in [1.165, 1.54) is 5.56 Å². The quantitative estimate of drug-likeness (QED) is 0.892. The van der Waals surface area contributed by atoms with Gasteiger partial charge in [-0.15, -0.1) is 12.4 Å². The van der Waals surface area contributed by atoms with E-state index in [1.807, 2.05) is 12.1 Å². The van der Waals surface area contributed by atoms with Crippen LogP contribution in [-0.4, -0.2) is 19.0 Å². The number of nitrogens with one attached hydrogen (secondary N) is 1. The zero-order valence-corrected chi connectivity index (χ0v) is 11.8. The Balaban J connectivity index is 0.00000144. The lowest BCUT2D eigenvalue weighted by atomic mass is 10.1. The third-order valence-corrected chi connectivity index (χ3v) is 3.34. The topological polar surface area (TPSA) is 55.1 Å². The molecule has 2 atom stereocenters. The first-order valence-electron chi connectivity index (χ1n) is 5.45. The summed E-state index contributed by atoms with van der Waals surface area (Å²) in [6.45, 7) is 1.07. The zero-order valence-electron chi connectivity index (χ0n) is 9.36. The van der Waals surface area contributed by atoms with E-state index in [1.54, 1.807) is 0 Å². The van der Waals surface area contributed by atoms with Crippen molar-refractivity contribution < 1.29 is 4.79 Å². The largest absolute Gasteiger partial charge is 0.355 e. The molecular formula is C12H16BrClN2O. The Labute approximate surface area is 116 Å². The molecule has 0 saturated heterocycles. The van der Waals surface area contributed by atoms with Gasteiger partial charge >= 0.3 is 0 Å². The third kappa shape index (κ3) is 3.69. The maximum atomic E-state index is 11.7. The highest BCUT2D eigenvalue weighted by Crippen LogP contribution is 2.47. The van der Waals surface area contributed by atoms with Gasteiger partial charge in [0.2, 0.25) is 5.91 Å². The molecule has 1 aromatic carbocycles. The lowest BCUT2D eigenvalue weighted by molar-refractivity contribution is -0.122. The van der Waals surface area contributed by atoms with E-state index in [4.69, 9.17) is 5.73 Å². The van der Waals surface area contributed by atoms with Crippen molar-refractivity contribution in [3.05, 3.63) is 34.3 Å². The molecule has 0 spiro atoms. The van der Waals surface area contributed by atoms with Gasteiger partial charge in [-0.05, 0) is 30.0 Å². The van der Waals surface area contributed by atoms with Gasteiger partial charge < -0.3 is 11.1 Å². The first kappa shape index (κ1) is 14.5. The molecule has 0 aromatic heterocycles. The molecule has 2 rings (SSSR count). The number of nitrogens with two attached hydrogens (primary N) is 1. The molecule has 2 unspecified atom stereocenters. The Morgan fingerprint density at radius 2 is 2.29 bits per heavy atom. The van der Waals surface area contributed by atoms with Gasteiger partial charge in [0, 0.05) is 23.5 Å². The van der Waals surface area contributed by atoms with Gasteiger partial charge in [0.1, 0.15) is 0 Å². The van der Waals surface area contributed by atoms with Crippen molar-refractivity contribution in [3.8, 4) is 0 Å². The third-order valence-electron chi connectivity index (χ3n) is 2.85. The van der Waals surface area contributed by atoms with Crippen molar-refractivity contribution in [1.29, 1.82) is 0 Å². The van der Waals surface area contributed by atoms with E-state index in [9.17, 15) is 4.79 Å². The lowest BCUT2D eigenvalue weighted by Crippen LogP contribution is -2.30. The highest BCUT2D eigenvalue weighted by atomic mass is 79.9. The molecule has 5 heteroatoms. The predicted molar refractivity (Wildman–Crippen MR) is 74.3 cm³/mol. The van der Waals surface area contributed by atoms with Crippen LogP contribution in [0, 0.1) is 5.92 Å². The van der Waals surface area contributed by atoms with Crippen LogP contribution < -0.4 is 11.1 Å². The Kier molecular flexibility index (Phi) is 5.43. The number of carbonyl (C=O) groups excluding carboxylic acids is 1. The van der Waals surface area contributed by atoms with Crippen molar-refractivity contribution in [1.82, 2.24) is 5.32 Å². The second-order valence-corrected chi connectivity index (χ2v) is 5.00. The Bertz CT molecular complexity index is 400. The molecule has 0 radical (unpaired) electrons. The van der Waals surface area contributed by atoms with Gasteiger partial charge in [-0.1, -0.05) is 28.1 Å². The van der Waals surface area contributed by atoms with Crippen LogP contribution in [0.3, 0.4) is 0 Å².